The van der Waals surface area contributed by atoms with E-state index in [-0.39, 0.29) is 5.56 Å². The van der Waals surface area contributed by atoms with E-state index in [9.17, 15) is 9.18 Å². The number of nitrogens with one attached hydrogen (secondary N) is 1. The number of nitrogens with two attached hydrogens (primary N) is 1. The first-order valence-corrected chi connectivity index (χ1v) is 6.38. The van der Waals surface area contributed by atoms with Crippen molar-refractivity contribution in [3.05, 3.63) is 40.7 Å². The van der Waals surface area contributed by atoms with Crippen LogP contribution in [0.5, 0.6) is 0 Å². The Kier molecular flexibility index (Phi) is 3.59. The Morgan fingerprint density at radius 2 is 2.05 bits per heavy atom. The van der Waals surface area contributed by atoms with Crippen LogP contribution in [0.15, 0.2) is 24.3 Å². The largest absolute Gasteiger partial charge is 0.320 e. The maximum Gasteiger partial charge on any atom is 0.260 e. The van der Waals surface area contributed by atoms with Gasteiger partial charge >= 0.3 is 0 Å². The van der Waals surface area contributed by atoms with Gasteiger partial charge in [0.05, 0.1) is 11.1 Å². The summed E-state index contributed by atoms with van der Waals surface area (Å²) in [6.07, 6.45) is 0. The SMILES string of the molecule is CC(C)(N)c1nnc(NC(=O)c2ccccc2F)s1. The quantitative estimate of drug-likeness (QED) is 0.902. The fraction of sp³-hybridized carbons (Fsp3) is 0.250. The Balaban J connectivity index is 2.16. The molecule has 0 aliphatic carbocycles. The summed E-state index contributed by atoms with van der Waals surface area (Å²) in [5, 5.41) is 11.1. The number of benzene rings is 1. The smallest absolute Gasteiger partial charge is 0.260 e. The van der Waals surface area contributed by atoms with Crippen molar-refractivity contribution >= 4 is 22.4 Å². The Morgan fingerprint density at radius 1 is 1.37 bits per heavy atom. The van der Waals surface area contributed by atoms with Gasteiger partial charge in [-0.1, -0.05) is 23.5 Å². The normalized spacial score (nSPS) is 11.4. The molecule has 1 heterocycles. The van der Waals surface area contributed by atoms with E-state index in [1.807, 2.05) is 0 Å². The van der Waals surface area contributed by atoms with E-state index < -0.39 is 17.3 Å². The summed E-state index contributed by atoms with van der Waals surface area (Å²) in [5.41, 5.74) is 5.21. The lowest BCUT2D eigenvalue weighted by atomic mass is 10.1. The number of anilines is 1. The number of amides is 1. The van der Waals surface area contributed by atoms with Crippen LogP contribution in [0.25, 0.3) is 0 Å². The topological polar surface area (TPSA) is 80.9 Å². The molecule has 3 N–H and O–H groups in total. The van der Waals surface area contributed by atoms with Crippen molar-refractivity contribution in [2.75, 3.05) is 5.32 Å². The van der Waals surface area contributed by atoms with E-state index in [1.54, 1.807) is 19.9 Å². The Morgan fingerprint density at radius 3 is 2.63 bits per heavy atom. The van der Waals surface area contributed by atoms with Crippen LogP contribution in [0.1, 0.15) is 29.2 Å². The lowest BCUT2D eigenvalue weighted by Gasteiger charge is -2.12. The van der Waals surface area contributed by atoms with Crippen molar-refractivity contribution in [2.24, 2.45) is 5.73 Å². The zero-order valence-corrected chi connectivity index (χ0v) is 11.3. The molecule has 0 atom stereocenters. The number of hydrogen-bond donors (Lipinski definition) is 2. The third-order valence-corrected chi connectivity index (χ3v) is 3.49. The molecule has 0 aliphatic heterocycles. The second kappa shape index (κ2) is 5.02. The van der Waals surface area contributed by atoms with E-state index in [0.29, 0.717) is 10.1 Å². The van der Waals surface area contributed by atoms with Gasteiger partial charge in [-0.05, 0) is 26.0 Å². The third kappa shape index (κ3) is 3.12. The van der Waals surface area contributed by atoms with E-state index in [0.717, 1.165) is 0 Å². The summed E-state index contributed by atoms with van der Waals surface area (Å²) >= 11 is 1.17. The van der Waals surface area contributed by atoms with Crippen molar-refractivity contribution in [3.8, 4) is 0 Å². The van der Waals surface area contributed by atoms with Gasteiger partial charge in [-0.2, -0.15) is 0 Å². The zero-order valence-electron chi connectivity index (χ0n) is 10.5. The molecule has 0 bridgehead atoms. The maximum absolute atomic E-state index is 13.4. The standard InChI is InChI=1S/C12H13FN4OS/c1-12(2,14)10-16-17-11(19-10)15-9(18)7-5-3-4-6-8(7)13/h3-6H,14H2,1-2H3,(H,15,17,18). The minimum absolute atomic E-state index is 0.0359. The van der Waals surface area contributed by atoms with Crippen molar-refractivity contribution in [3.63, 3.8) is 0 Å². The highest BCUT2D eigenvalue weighted by Gasteiger charge is 2.21. The van der Waals surface area contributed by atoms with Gasteiger partial charge in [-0.25, -0.2) is 4.39 Å². The van der Waals surface area contributed by atoms with Crippen LogP contribution < -0.4 is 11.1 Å². The molecule has 1 aromatic carbocycles. The molecule has 7 heteroatoms. The van der Waals surface area contributed by atoms with Gasteiger partial charge in [0.15, 0.2) is 0 Å². The summed E-state index contributed by atoms with van der Waals surface area (Å²) in [7, 11) is 0. The van der Waals surface area contributed by atoms with E-state index in [1.165, 1.54) is 29.5 Å². The maximum atomic E-state index is 13.4. The molecule has 2 aromatic rings. The molecule has 0 fully saturated rings. The molecule has 1 amide bonds. The molecular formula is C12H13FN4OS. The first-order chi connectivity index (χ1) is 8.88. The second-order valence-corrected chi connectivity index (χ2v) is 5.55. The highest BCUT2D eigenvalue weighted by atomic mass is 32.1. The van der Waals surface area contributed by atoms with Crippen LogP contribution in [-0.4, -0.2) is 16.1 Å². The van der Waals surface area contributed by atoms with Crippen LogP contribution in [0.3, 0.4) is 0 Å². The van der Waals surface area contributed by atoms with Crippen LogP contribution in [0, 0.1) is 5.82 Å². The van der Waals surface area contributed by atoms with E-state index >= 15 is 0 Å². The minimum atomic E-state index is -0.626. The summed E-state index contributed by atoms with van der Waals surface area (Å²) in [5.74, 6) is -1.14. The molecular weight excluding hydrogens is 267 g/mol. The number of rotatable bonds is 3. The van der Waals surface area contributed by atoms with Crippen molar-refractivity contribution in [1.29, 1.82) is 0 Å². The highest BCUT2D eigenvalue weighted by molar-refractivity contribution is 7.15. The van der Waals surface area contributed by atoms with Gasteiger partial charge in [0, 0.05) is 0 Å². The average molecular weight is 280 g/mol. The number of carbonyl (C=O) groups excluding carboxylic acids is 1. The second-order valence-electron chi connectivity index (χ2n) is 4.57. The van der Waals surface area contributed by atoms with Gasteiger partial charge in [0.25, 0.3) is 5.91 Å². The fourth-order valence-corrected chi connectivity index (χ4v) is 2.10. The molecule has 5 nitrogen and oxygen atoms in total. The third-order valence-electron chi connectivity index (χ3n) is 2.32. The molecule has 100 valence electrons. The Labute approximate surface area is 113 Å². The molecule has 19 heavy (non-hydrogen) atoms. The van der Waals surface area contributed by atoms with Crippen LogP contribution >= 0.6 is 11.3 Å². The molecule has 0 spiro atoms. The molecule has 0 saturated carbocycles. The summed E-state index contributed by atoms with van der Waals surface area (Å²) in [6.45, 7) is 3.58. The predicted octanol–water partition coefficient (Wildman–Crippen LogP) is 2.12. The Bertz CT molecular complexity index is 606. The van der Waals surface area contributed by atoms with Gasteiger partial charge in [-0.15, -0.1) is 10.2 Å². The van der Waals surface area contributed by atoms with Gasteiger partial charge in [0.1, 0.15) is 10.8 Å². The lowest BCUT2D eigenvalue weighted by Crippen LogP contribution is -2.28. The van der Waals surface area contributed by atoms with Crippen LogP contribution in [0.4, 0.5) is 9.52 Å². The number of aromatic nitrogens is 2. The van der Waals surface area contributed by atoms with Crippen LogP contribution in [0.2, 0.25) is 0 Å². The van der Waals surface area contributed by atoms with Gasteiger partial charge < -0.3 is 5.73 Å². The van der Waals surface area contributed by atoms with E-state index in [4.69, 9.17) is 5.73 Å². The lowest BCUT2D eigenvalue weighted by molar-refractivity contribution is 0.102. The monoisotopic (exact) mass is 280 g/mol. The molecule has 0 unspecified atom stereocenters. The number of hydrogen-bond acceptors (Lipinski definition) is 5. The fourth-order valence-electron chi connectivity index (χ4n) is 1.34. The number of nitrogens with zero attached hydrogens (tertiary/aromatic N) is 2. The van der Waals surface area contributed by atoms with E-state index in [2.05, 4.69) is 15.5 Å². The predicted molar refractivity (Wildman–Crippen MR) is 71.5 cm³/mol. The van der Waals surface area contributed by atoms with Crippen molar-refractivity contribution in [1.82, 2.24) is 10.2 Å². The highest BCUT2D eigenvalue weighted by Crippen LogP contribution is 2.24. The number of carbonyl (C=O) groups is 1. The molecule has 0 radical (unpaired) electrons. The van der Waals surface area contributed by atoms with Crippen LogP contribution in [-0.2, 0) is 5.54 Å². The van der Waals surface area contributed by atoms with Gasteiger partial charge in [-0.3, -0.25) is 10.1 Å². The van der Waals surface area contributed by atoms with Gasteiger partial charge in [0.2, 0.25) is 5.13 Å². The first kappa shape index (κ1) is 13.6. The zero-order chi connectivity index (χ0) is 14.0. The summed E-state index contributed by atoms with van der Waals surface area (Å²) < 4.78 is 13.4. The molecule has 0 aliphatic rings. The average Bonchev–Trinajstić information content (AvgIpc) is 2.77. The molecule has 0 saturated heterocycles. The summed E-state index contributed by atoms with van der Waals surface area (Å²) in [6, 6.07) is 5.74. The first-order valence-electron chi connectivity index (χ1n) is 5.56. The van der Waals surface area contributed by atoms with Crippen molar-refractivity contribution < 1.29 is 9.18 Å². The molecule has 2 rings (SSSR count). The minimum Gasteiger partial charge on any atom is -0.320 e. The van der Waals surface area contributed by atoms with Crippen molar-refractivity contribution in [2.45, 2.75) is 19.4 Å². The molecule has 1 aromatic heterocycles. The Hall–Kier alpha value is -1.86. The summed E-state index contributed by atoms with van der Waals surface area (Å²) in [4.78, 5) is 11.9. The number of halogens is 1.